The van der Waals surface area contributed by atoms with Crippen molar-refractivity contribution in [3.05, 3.63) is 87.0 Å². The van der Waals surface area contributed by atoms with Crippen LogP contribution >= 0.6 is 0 Å². The maximum Gasteiger partial charge on any atom is 0.330 e. The topological polar surface area (TPSA) is 115 Å². The van der Waals surface area contributed by atoms with Crippen LogP contribution in [0.5, 0.6) is 0 Å². The van der Waals surface area contributed by atoms with E-state index >= 15 is 0 Å². The van der Waals surface area contributed by atoms with Gasteiger partial charge < -0.3 is 9.84 Å². The zero-order valence-corrected chi connectivity index (χ0v) is 17.5. The Labute approximate surface area is 183 Å². The molecule has 0 amide bonds. The molecule has 2 N–H and O–H groups in total. The van der Waals surface area contributed by atoms with E-state index in [9.17, 15) is 14.7 Å². The van der Waals surface area contributed by atoms with Gasteiger partial charge in [-0.1, -0.05) is 48.5 Å². The monoisotopic (exact) mass is 433 g/mol. The number of rotatable bonds is 8. The molecule has 9 heteroatoms. The number of aromatic nitrogens is 5. The molecule has 0 spiro atoms. The minimum Gasteiger partial charge on any atom is -0.394 e. The number of aromatic amines is 1. The molecule has 0 radical (unpaired) electrons. The fourth-order valence-corrected chi connectivity index (χ4v) is 3.28. The van der Waals surface area contributed by atoms with Gasteiger partial charge in [0.1, 0.15) is 12.4 Å². The van der Waals surface area contributed by atoms with Crippen molar-refractivity contribution in [3.63, 3.8) is 0 Å². The highest BCUT2D eigenvalue weighted by Crippen LogP contribution is 2.21. The number of hydrogen-bond acceptors (Lipinski definition) is 6. The molecule has 1 atom stereocenters. The van der Waals surface area contributed by atoms with Crippen molar-refractivity contribution in [2.45, 2.75) is 26.2 Å². The van der Waals surface area contributed by atoms with Gasteiger partial charge in [-0.25, -0.2) is 9.48 Å². The van der Waals surface area contributed by atoms with Gasteiger partial charge in [0.15, 0.2) is 0 Å². The van der Waals surface area contributed by atoms with Gasteiger partial charge in [0.05, 0.1) is 30.2 Å². The van der Waals surface area contributed by atoms with Gasteiger partial charge in [0, 0.05) is 11.6 Å². The summed E-state index contributed by atoms with van der Waals surface area (Å²) in [6.45, 7) is 1.65. The maximum absolute atomic E-state index is 12.2. The van der Waals surface area contributed by atoms with Crippen LogP contribution in [0, 0.1) is 0 Å². The normalized spacial score (nSPS) is 12.6. The van der Waals surface area contributed by atoms with Gasteiger partial charge in [-0.05, 0) is 30.0 Å². The average molecular weight is 433 g/mol. The predicted molar refractivity (Wildman–Crippen MR) is 121 cm³/mol. The van der Waals surface area contributed by atoms with E-state index in [1.807, 2.05) is 49.4 Å². The van der Waals surface area contributed by atoms with Crippen LogP contribution < -0.4 is 11.2 Å². The Morgan fingerprint density at radius 2 is 1.94 bits per heavy atom. The highest BCUT2D eigenvalue weighted by molar-refractivity contribution is 5.90. The lowest BCUT2D eigenvalue weighted by Crippen LogP contribution is -2.32. The Morgan fingerprint density at radius 3 is 2.75 bits per heavy atom. The second kappa shape index (κ2) is 9.54. The van der Waals surface area contributed by atoms with Crippen LogP contribution in [0.4, 0.5) is 0 Å². The van der Waals surface area contributed by atoms with E-state index in [2.05, 4.69) is 15.3 Å². The predicted octanol–water partition coefficient (Wildman–Crippen LogP) is 2.19. The maximum atomic E-state index is 12.2. The summed E-state index contributed by atoms with van der Waals surface area (Å²) >= 11 is 0. The summed E-state index contributed by atoms with van der Waals surface area (Å²) in [6.07, 6.45) is 6.62. The van der Waals surface area contributed by atoms with Crippen molar-refractivity contribution in [1.82, 2.24) is 24.5 Å². The number of fused-ring (bicyclic) bond motifs is 1. The zero-order chi connectivity index (χ0) is 22.5. The van der Waals surface area contributed by atoms with Crippen molar-refractivity contribution in [2.75, 3.05) is 6.61 Å². The smallest absolute Gasteiger partial charge is 0.330 e. The standard InChI is InChI=1S/C23H23N5O4/c1-2-19(14-29)32-15-27-12-17(22(30)24-23(27)31)10-11-18-13-28(26-25-18)21-9-5-7-16-6-3-4-8-20(16)21/h3-13,19,29H,2,14-15H2,1H3,(H,24,30,31)/b11-10+/t19-/m0/s1. The number of aliphatic hydroxyl groups excluding tert-OH is 1. The molecule has 0 unspecified atom stereocenters. The van der Waals surface area contributed by atoms with Crippen molar-refractivity contribution in [3.8, 4) is 5.69 Å². The molecule has 2 aromatic carbocycles. The van der Waals surface area contributed by atoms with Crippen molar-refractivity contribution >= 4 is 22.9 Å². The minimum absolute atomic E-state index is 0.0766. The first kappa shape index (κ1) is 21.4. The van der Waals surface area contributed by atoms with Crippen LogP contribution in [0.3, 0.4) is 0 Å². The molecule has 0 saturated carbocycles. The molecular weight excluding hydrogens is 410 g/mol. The van der Waals surface area contributed by atoms with Gasteiger partial charge in [-0.3, -0.25) is 14.3 Å². The van der Waals surface area contributed by atoms with Crippen molar-refractivity contribution in [2.24, 2.45) is 0 Å². The van der Waals surface area contributed by atoms with Gasteiger partial charge >= 0.3 is 5.69 Å². The quantitative estimate of drug-likeness (QED) is 0.440. The van der Waals surface area contributed by atoms with Gasteiger partial charge in [-0.15, -0.1) is 5.10 Å². The molecule has 0 fully saturated rings. The summed E-state index contributed by atoms with van der Waals surface area (Å²) in [4.78, 5) is 26.5. The molecule has 0 bridgehead atoms. The van der Waals surface area contributed by atoms with E-state index in [0.29, 0.717) is 12.1 Å². The molecule has 2 aromatic heterocycles. The molecule has 164 valence electrons. The number of aliphatic hydroxyl groups is 1. The molecule has 0 saturated heterocycles. The lowest BCUT2D eigenvalue weighted by atomic mass is 10.1. The fourth-order valence-electron chi connectivity index (χ4n) is 3.28. The van der Waals surface area contributed by atoms with Crippen LogP contribution in [0.1, 0.15) is 24.6 Å². The molecule has 0 aliphatic rings. The van der Waals surface area contributed by atoms with Crippen molar-refractivity contribution in [1.29, 1.82) is 0 Å². The summed E-state index contributed by atoms with van der Waals surface area (Å²) < 4.78 is 8.42. The first-order chi connectivity index (χ1) is 15.6. The summed E-state index contributed by atoms with van der Waals surface area (Å²) in [5.74, 6) is 0. The fraction of sp³-hybridized carbons (Fsp3) is 0.217. The summed E-state index contributed by atoms with van der Waals surface area (Å²) in [5, 5.41) is 19.7. The Hall–Kier alpha value is -3.82. The summed E-state index contributed by atoms with van der Waals surface area (Å²) in [7, 11) is 0. The third kappa shape index (κ3) is 4.58. The van der Waals surface area contributed by atoms with Crippen LogP contribution in [0.25, 0.3) is 28.6 Å². The van der Waals surface area contributed by atoms with Crippen LogP contribution in [0.15, 0.2) is 64.4 Å². The second-order valence-electron chi connectivity index (χ2n) is 7.24. The Bertz CT molecular complexity index is 1360. The van der Waals surface area contributed by atoms with E-state index in [-0.39, 0.29) is 25.0 Å². The second-order valence-corrected chi connectivity index (χ2v) is 7.24. The van der Waals surface area contributed by atoms with E-state index in [1.165, 1.54) is 10.8 Å². The van der Waals surface area contributed by atoms with Crippen LogP contribution in [-0.4, -0.2) is 42.4 Å². The third-order valence-corrected chi connectivity index (χ3v) is 5.10. The Morgan fingerprint density at radius 1 is 1.12 bits per heavy atom. The number of ether oxygens (including phenoxy) is 1. The average Bonchev–Trinajstić information content (AvgIpc) is 3.28. The first-order valence-corrected chi connectivity index (χ1v) is 10.2. The lowest BCUT2D eigenvalue weighted by Gasteiger charge is -2.14. The highest BCUT2D eigenvalue weighted by atomic mass is 16.5. The van der Waals surface area contributed by atoms with E-state index in [1.54, 1.807) is 23.0 Å². The minimum atomic E-state index is -0.582. The molecule has 4 aromatic rings. The number of H-pyrrole nitrogens is 1. The largest absolute Gasteiger partial charge is 0.394 e. The van der Waals surface area contributed by atoms with Crippen LogP contribution in [0.2, 0.25) is 0 Å². The number of hydrogen-bond donors (Lipinski definition) is 2. The summed E-state index contributed by atoms with van der Waals surface area (Å²) in [6, 6.07) is 14.0. The first-order valence-electron chi connectivity index (χ1n) is 10.2. The molecule has 2 heterocycles. The number of nitrogens with zero attached hydrogens (tertiary/aromatic N) is 4. The molecule has 4 rings (SSSR count). The highest BCUT2D eigenvalue weighted by Gasteiger charge is 2.08. The lowest BCUT2D eigenvalue weighted by molar-refractivity contribution is -0.0269. The molecule has 32 heavy (non-hydrogen) atoms. The zero-order valence-electron chi connectivity index (χ0n) is 17.5. The molecule has 0 aliphatic carbocycles. The molecule has 0 aliphatic heterocycles. The van der Waals surface area contributed by atoms with E-state index in [4.69, 9.17) is 4.74 Å². The van der Waals surface area contributed by atoms with Gasteiger partial charge in [0.2, 0.25) is 0 Å². The number of benzene rings is 2. The van der Waals surface area contributed by atoms with E-state index < -0.39 is 11.2 Å². The van der Waals surface area contributed by atoms with Crippen LogP contribution in [-0.2, 0) is 11.5 Å². The Kier molecular flexibility index (Phi) is 6.39. The third-order valence-electron chi connectivity index (χ3n) is 5.10. The number of nitrogens with one attached hydrogen (secondary N) is 1. The summed E-state index contributed by atoms with van der Waals surface area (Å²) in [5.41, 5.74) is 0.621. The van der Waals surface area contributed by atoms with E-state index in [0.717, 1.165) is 16.5 Å². The van der Waals surface area contributed by atoms with Gasteiger partial charge in [-0.2, -0.15) is 0 Å². The molecular formula is C23H23N5O4. The molecule has 9 nitrogen and oxygen atoms in total. The van der Waals surface area contributed by atoms with Crippen molar-refractivity contribution < 1.29 is 9.84 Å². The van der Waals surface area contributed by atoms with Gasteiger partial charge in [0.25, 0.3) is 5.56 Å². The Balaban J connectivity index is 1.58. The SMILES string of the molecule is CC[C@@H](CO)OCn1cc(/C=C/c2cn(-c3cccc4ccccc34)nn2)c(=O)[nH]c1=O.